The molecule has 1 aromatic rings. The van der Waals surface area contributed by atoms with Crippen LogP contribution in [0, 0.1) is 4.77 Å². The van der Waals surface area contributed by atoms with E-state index >= 15 is 0 Å². The zero-order chi connectivity index (χ0) is 11.4. The molecule has 0 saturated carbocycles. The van der Waals surface area contributed by atoms with Gasteiger partial charge in [0.05, 0.1) is 0 Å². The first-order chi connectivity index (χ1) is 7.06. The molecule has 0 amide bonds. The molecule has 3 nitrogen and oxygen atoms in total. The Hall–Kier alpha value is -0.610. The van der Waals surface area contributed by atoms with Crippen LogP contribution >= 0.6 is 12.2 Å². The summed E-state index contributed by atoms with van der Waals surface area (Å²) < 4.78 is 3.03. The van der Waals surface area contributed by atoms with Crippen LogP contribution in [-0.2, 0) is 13.0 Å². The van der Waals surface area contributed by atoms with Gasteiger partial charge in [-0.2, -0.15) is 0 Å². The van der Waals surface area contributed by atoms with Crippen molar-refractivity contribution >= 4 is 12.2 Å². The van der Waals surface area contributed by atoms with E-state index in [-0.39, 0.29) is 0 Å². The fourth-order valence-corrected chi connectivity index (χ4v) is 1.75. The molecular formula is C11H21N3S. The lowest BCUT2D eigenvalue weighted by Gasteiger charge is -2.21. The fourth-order valence-electron chi connectivity index (χ4n) is 1.49. The summed E-state index contributed by atoms with van der Waals surface area (Å²) in [5, 5.41) is 0. The highest BCUT2D eigenvalue weighted by Crippen LogP contribution is 2.03. The second kappa shape index (κ2) is 5.47. The summed E-state index contributed by atoms with van der Waals surface area (Å²) in [4.78, 5) is 5.43. The smallest absolute Gasteiger partial charge is 0.177 e. The van der Waals surface area contributed by atoms with Crippen LogP contribution in [0.2, 0.25) is 0 Å². The van der Waals surface area contributed by atoms with Crippen LogP contribution in [0.15, 0.2) is 6.20 Å². The molecule has 0 aliphatic carbocycles. The van der Waals surface area contributed by atoms with Crippen molar-refractivity contribution in [3.8, 4) is 0 Å². The molecule has 0 atom stereocenters. The van der Waals surface area contributed by atoms with Gasteiger partial charge >= 0.3 is 0 Å². The Morgan fingerprint density at radius 3 is 2.73 bits per heavy atom. The summed E-state index contributed by atoms with van der Waals surface area (Å²) in [5.41, 5.74) is 1.29. The number of aryl methyl sites for hydroxylation is 1. The summed E-state index contributed by atoms with van der Waals surface area (Å²) in [6.07, 6.45) is 3.04. The van der Waals surface area contributed by atoms with Gasteiger partial charge in [-0.25, -0.2) is 0 Å². The van der Waals surface area contributed by atoms with Crippen molar-refractivity contribution in [2.45, 2.75) is 39.8 Å². The number of nitrogens with one attached hydrogen (secondary N) is 1. The largest absolute Gasteiger partial charge is 0.337 e. The molecule has 0 radical (unpaired) electrons. The van der Waals surface area contributed by atoms with Gasteiger partial charge in [0.15, 0.2) is 4.77 Å². The lowest BCUT2D eigenvalue weighted by molar-refractivity contribution is 0.261. The van der Waals surface area contributed by atoms with Crippen LogP contribution in [-0.4, -0.2) is 34.1 Å². The van der Waals surface area contributed by atoms with Crippen LogP contribution < -0.4 is 0 Å². The summed E-state index contributed by atoms with van der Waals surface area (Å²) in [5.74, 6) is 0. The molecule has 1 heterocycles. The van der Waals surface area contributed by atoms with Crippen molar-refractivity contribution in [3.05, 3.63) is 16.7 Å². The Kier molecular flexibility index (Phi) is 4.54. The third-order valence-electron chi connectivity index (χ3n) is 2.87. The van der Waals surface area contributed by atoms with Gasteiger partial charge in [-0.3, -0.25) is 0 Å². The van der Waals surface area contributed by atoms with Crippen LogP contribution in [0.25, 0.3) is 0 Å². The summed E-state index contributed by atoms with van der Waals surface area (Å²) >= 11 is 5.25. The first-order valence-electron chi connectivity index (χ1n) is 5.53. The standard InChI is InChI=1S/C11H21N3S/c1-5-10-8-12-11(15)14(10)7-6-13(4)9(2)3/h8-9H,5-7H2,1-4H3,(H,12,15). The van der Waals surface area contributed by atoms with Crippen LogP contribution in [0.4, 0.5) is 0 Å². The number of imidazole rings is 1. The van der Waals surface area contributed by atoms with Gasteiger partial charge in [-0.05, 0) is 39.5 Å². The number of aromatic nitrogens is 2. The van der Waals surface area contributed by atoms with Crippen LogP contribution in [0.3, 0.4) is 0 Å². The van der Waals surface area contributed by atoms with E-state index in [4.69, 9.17) is 12.2 Å². The lowest BCUT2D eigenvalue weighted by Crippen LogP contribution is -2.30. The molecule has 0 unspecified atom stereocenters. The Morgan fingerprint density at radius 2 is 2.20 bits per heavy atom. The number of H-pyrrole nitrogens is 1. The molecule has 0 bridgehead atoms. The third-order valence-corrected chi connectivity index (χ3v) is 3.21. The quantitative estimate of drug-likeness (QED) is 0.781. The molecule has 1 aromatic heterocycles. The highest BCUT2D eigenvalue weighted by molar-refractivity contribution is 7.71. The molecule has 0 saturated heterocycles. The average molecular weight is 227 g/mol. The van der Waals surface area contributed by atoms with Gasteiger partial charge in [0.2, 0.25) is 0 Å². The Morgan fingerprint density at radius 1 is 1.53 bits per heavy atom. The second-order valence-corrected chi connectivity index (χ2v) is 4.55. The van der Waals surface area contributed by atoms with E-state index in [9.17, 15) is 0 Å². The minimum Gasteiger partial charge on any atom is -0.337 e. The normalized spacial score (nSPS) is 11.6. The summed E-state index contributed by atoms with van der Waals surface area (Å²) in [6, 6.07) is 0.586. The van der Waals surface area contributed by atoms with E-state index in [1.807, 2.05) is 6.20 Å². The maximum atomic E-state index is 5.25. The number of likely N-dealkylation sites (N-methyl/N-ethyl adjacent to an activating group) is 1. The van der Waals surface area contributed by atoms with Crippen molar-refractivity contribution < 1.29 is 0 Å². The number of rotatable bonds is 5. The molecular weight excluding hydrogens is 206 g/mol. The van der Waals surface area contributed by atoms with Crippen molar-refractivity contribution in [2.24, 2.45) is 0 Å². The molecule has 86 valence electrons. The molecule has 4 heteroatoms. The highest BCUT2D eigenvalue weighted by Gasteiger charge is 2.05. The Balaban J connectivity index is 2.64. The van der Waals surface area contributed by atoms with Gasteiger partial charge in [0.1, 0.15) is 0 Å². The second-order valence-electron chi connectivity index (χ2n) is 4.16. The SMILES string of the molecule is CCc1c[nH]c(=S)n1CCN(C)C(C)C. The first kappa shape index (κ1) is 12.5. The van der Waals surface area contributed by atoms with Gasteiger partial charge in [-0.1, -0.05) is 6.92 Å². The zero-order valence-corrected chi connectivity index (χ0v) is 10.9. The third kappa shape index (κ3) is 3.18. The average Bonchev–Trinajstić information content (AvgIpc) is 2.55. The predicted molar refractivity (Wildman–Crippen MR) is 66.8 cm³/mol. The molecule has 0 aliphatic heterocycles. The van der Waals surface area contributed by atoms with Crippen molar-refractivity contribution in [1.82, 2.24) is 14.5 Å². The van der Waals surface area contributed by atoms with Crippen molar-refractivity contribution in [3.63, 3.8) is 0 Å². The van der Waals surface area contributed by atoms with Gasteiger partial charge in [0.25, 0.3) is 0 Å². The maximum absolute atomic E-state index is 5.25. The maximum Gasteiger partial charge on any atom is 0.177 e. The predicted octanol–water partition coefficient (Wildman–Crippen LogP) is 2.45. The molecule has 0 fully saturated rings. The van der Waals surface area contributed by atoms with E-state index in [0.29, 0.717) is 6.04 Å². The first-order valence-corrected chi connectivity index (χ1v) is 5.94. The van der Waals surface area contributed by atoms with Gasteiger partial charge in [-0.15, -0.1) is 0 Å². The zero-order valence-electron chi connectivity index (χ0n) is 10.1. The lowest BCUT2D eigenvalue weighted by atomic mass is 10.3. The fraction of sp³-hybridized carbons (Fsp3) is 0.727. The van der Waals surface area contributed by atoms with Crippen molar-refractivity contribution in [2.75, 3.05) is 13.6 Å². The van der Waals surface area contributed by atoms with E-state index < -0.39 is 0 Å². The topological polar surface area (TPSA) is 24.0 Å². The molecule has 0 aromatic carbocycles. The summed E-state index contributed by atoms with van der Waals surface area (Å²) in [6.45, 7) is 8.58. The Bertz CT molecular complexity index is 351. The number of hydrogen-bond acceptors (Lipinski definition) is 2. The van der Waals surface area contributed by atoms with E-state index in [2.05, 4.69) is 42.3 Å². The minimum absolute atomic E-state index is 0.586. The minimum atomic E-state index is 0.586. The summed E-state index contributed by atoms with van der Waals surface area (Å²) in [7, 11) is 2.15. The highest BCUT2D eigenvalue weighted by atomic mass is 32.1. The van der Waals surface area contributed by atoms with Crippen LogP contribution in [0.1, 0.15) is 26.5 Å². The number of nitrogens with zero attached hydrogens (tertiary/aromatic N) is 2. The van der Waals surface area contributed by atoms with Crippen molar-refractivity contribution in [1.29, 1.82) is 0 Å². The molecule has 1 rings (SSSR count). The molecule has 15 heavy (non-hydrogen) atoms. The molecule has 0 aliphatic rings. The number of aromatic amines is 1. The molecule has 1 N–H and O–H groups in total. The molecule has 0 spiro atoms. The van der Waals surface area contributed by atoms with Gasteiger partial charge in [0, 0.05) is 31.0 Å². The van der Waals surface area contributed by atoms with E-state index in [0.717, 1.165) is 24.3 Å². The Labute approximate surface area is 97.1 Å². The monoisotopic (exact) mass is 227 g/mol. The number of hydrogen-bond donors (Lipinski definition) is 1. The van der Waals surface area contributed by atoms with Crippen LogP contribution in [0.5, 0.6) is 0 Å². The van der Waals surface area contributed by atoms with E-state index in [1.165, 1.54) is 5.69 Å². The van der Waals surface area contributed by atoms with E-state index in [1.54, 1.807) is 0 Å². The van der Waals surface area contributed by atoms with Gasteiger partial charge < -0.3 is 14.5 Å².